The molecule has 5 nitrogen and oxygen atoms in total. The molecule has 0 aromatic rings. The van der Waals surface area contributed by atoms with E-state index in [-0.39, 0.29) is 11.8 Å². The molecule has 2 saturated heterocycles. The quantitative estimate of drug-likeness (QED) is 0.772. The van der Waals surface area contributed by atoms with E-state index in [9.17, 15) is 9.59 Å². The molecule has 2 heterocycles. The predicted octanol–water partition coefficient (Wildman–Crippen LogP) is 0.837. The number of nitrogens with zero attached hydrogens (tertiary/aromatic N) is 2. The molecule has 3 rings (SSSR count). The van der Waals surface area contributed by atoms with Gasteiger partial charge in [0.05, 0.1) is 24.7 Å². The summed E-state index contributed by atoms with van der Waals surface area (Å²) in [5.41, 5.74) is 0. The van der Waals surface area contributed by atoms with Gasteiger partial charge in [-0.3, -0.25) is 9.59 Å². The van der Waals surface area contributed by atoms with Crippen LogP contribution in [0.15, 0.2) is 0 Å². The Morgan fingerprint density at radius 1 is 0.952 bits per heavy atom. The SMILES string of the molecule is O=C(CSCC(=O)N1C[C@H]2CCC[C@H]2C1)N1CCOCC1. The summed E-state index contributed by atoms with van der Waals surface area (Å²) >= 11 is 1.45. The standard InChI is InChI=1S/C15H24N2O3S/c18-14(16-4-6-20-7-5-16)10-21-11-15(19)17-8-12-2-1-3-13(12)9-17/h12-13H,1-11H2/t12-,13+. The Morgan fingerprint density at radius 3 is 2.14 bits per heavy atom. The number of fused-ring (bicyclic) bond motifs is 1. The van der Waals surface area contributed by atoms with Crippen molar-refractivity contribution in [3.05, 3.63) is 0 Å². The van der Waals surface area contributed by atoms with Gasteiger partial charge in [0.15, 0.2) is 0 Å². The molecule has 0 spiro atoms. The van der Waals surface area contributed by atoms with Crippen LogP contribution in [0, 0.1) is 11.8 Å². The minimum absolute atomic E-state index is 0.134. The van der Waals surface area contributed by atoms with Crippen molar-refractivity contribution >= 4 is 23.6 Å². The van der Waals surface area contributed by atoms with Crippen molar-refractivity contribution in [2.24, 2.45) is 11.8 Å². The fraction of sp³-hybridized carbons (Fsp3) is 0.867. The van der Waals surface area contributed by atoms with Gasteiger partial charge in [0.1, 0.15) is 0 Å². The molecule has 2 aliphatic heterocycles. The summed E-state index contributed by atoms with van der Waals surface area (Å²) in [6, 6.07) is 0. The van der Waals surface area contributed by atoms with Crippen molar-refractivity contribution in [1.29, 1.82) is 0 Å². The number of hydrogen-bond donors (Lipinski definition) is 0. The summed E-state index contributed by atoms with van der Waals surface area (Å²) in [4.78, 5) is 28.0. The van der Waals surface area contributed by atoms with Crippen LogP contribution in [0.3, 0.4) is 0 Å². The van der Waals surface area contributed by atoms with Crippen molar-refractivity contribution in [2.45, 2.75) is 19.3 Å². The van der Waals surface area contributed by atoms with Crippen LogP contribution in [0.1, 0.15) is 19.3 Å². The third kappa shape index (κ3) is 3.72. The number of amides is 2. The van der Waals surface area contributed by atoms with E-state index in [1.807, 2.05) is 9.80 Å². The van der Waals surface area contributed by atoms with Crippen LogP contribution < -0.4 is 0 Å². The molecule has 0 aromatic carbocycles. The van der Waals surface area contributed by atoms with Crippen LogP contribution in [0.25, 0.3) is 0 Å². The smallest absolute Gasteiger partial charge is 0.232 e. The molecule has 2 amide bonds. The Balaban J connectivity index is 1.35. The maximum Gasteiger partial charge on any atom is 0.232 e. The van der Waals surface area contributed by atoms with Crippen LogP contribution in [-0.4, -0.2) is 72.5 Å². The molecule has 1 aliphatic carbocycles. The van der Waals surface area contributed by atoms with Crippen LogP contribution in [0.5, 0.6) is 0 Å². The predicted molar refractivity (Wildman–Crippen MR) is 82.1 cm³/mol. The van der Waals surface area contributed by atoms with Crippen molar-refractivity contribution < 1.29 is 14.3 Å². The van der Waals surface area contributed by atoms with Gasteiger partial charge in [0.25, 0.3) is 0 Å². The number of carbonyl (C=O) groups excluding carboxylic acids is 2. The summed E-state index contributed by atoms with van der Waals surface area (Å²) in [6.07, 6.45) is 3.91. The highest BCUT2D eigenvalue weighted by molar-refractivity contribution is 8.00. The molecule has 3 fully saturated rings. The summed E-state index contributed by atoms with van der Waals surface area (Å²) in [5, 5.41) is 0. The zero-order valence-corrected chi connectivity index (χ0v) is 13.3. The first kappa shape index (κ1) is 15.2. The van der Waals surface area contributed by atoms with Crippen LogP contribution >= 0.6 is 11.8 Å². The lowest BCUT2D eigenvalue weighted by molar-refractivity contribution is -0.132. The first-order valence-corrected chi connectivity index (χ1v) is 9.10. The largest absolute Gasteiger partial charge is 0.378 e. The number of likely N-dealkylation sites (tertiary alicyclic amines) is 1. The summed E-state index contributed by atoms with van der Waals surface area (Å²) in [7, 11) is 0. The molecule has 3 aliphatic rings. The third-order valence-electron chi connectivity index (χ3n) is 4.89. The highest BCUT2D eigenvalue weighted by atomic mass is 32.2. The van der Waals surface area contributed by atoms with Gasteiger partial charge in [0.2, 0.25) is 11.8 Å². The molecular formula is C15H24N2O3S. The number of hydrogen-bond acceptors (Lipinski definition) is 4. The van der Waals surface area contributed by atoms with Crippen LogP contribution in [0.2, 0.25) is 0 Å². The van der Waals surface area contributed by atoms with E-state index in [2.05, 4.69) is 0 Å². The van der Waals surface area contributed by atoms with Crippen molar-refractivity contribution in [3.63, 3.8) is 0 Å². The van der Waals surface area contributed by atoms with Gasteiger partial charge in [0, 0.05) is 26.2 Å². The lowest BCUT2D eigenvalue weighted by Gasteiger charge is -2.26. The molecule has 6 heteroatoms. The average Bonchev–Trinajstić information content (AvgIpc) is 3.09. The Labute approximate surface area is 130 Å². The van der Waals surface area contributed by atoms with E-state index < -0.39 is 0 Å². The molecule has 0 radical (unpaired) electrons. The Morgan fingerprint density at radius 2 is 1.52 bits per heavy atom. The first-order chi connectivity index (χ1) is 10.2. The third-order valence-corrected chi connectivity index (χ3v) is 5.80. The number of rotatable bonds is 4. The number of ether oxygens (including phenoxy) is 1. The van der Waals surface area contributed by atoms with E-state index in [1.165, 1.54) is 31.0 Å². The lowest BCUT2D eigenvalue weighted by atomic mass is 10.0. The molecule has 118 valence electrons. The number of thioether (sulfide) groups is 1. The Hall–Kier alpha value is -0.750. The molecule has 0 unspecified atom stereocenters. The highest BCUT2D eigenvalue weighted by Crippen LogP contribution is 2.37. The Bertz CT molecular complexity index is 386. The zero-order chi connectivity index (χ0) is 14.7. The second kappa shape index (κ2) is 7.01. The fourth-order valence-corrected chi connectivity index (χ4v) is 4.48. The lowest BCUT2D eigenvalue weighted by Crippen LogP contribution is -2.41. The molecule has 0 bridgehead atoms. The van der Waals surface area contributed by atoms with Crippen molar-refractivity contribution in [1.82, 2.24) is 9.80 Å². The van der Waals surface area contributed by atoms with E-state index >= 15 is 0 Å². The highest BCUT2D eigenvalue weighted by Gasteiger charge is 2.37. The summed E-state index contributed by atoms with van der Waals surface area (Å²) < 4.78 is 5.23. The van der Waals surface area contributed by atoms with Crippen LogP contribution in [0.4, 0.5) is 0 Å². The van der Waals surface area contributed by atoms with Gasteiger partial charge < -0.3 is 14.5 Å². The number of carbonyl (C=O) groups is 2. The van der Waals surface area contributed by atoms with Gasteiger partial charge in [-0.1, -0.05) is 6.42 Å². The molecular weight excluding hydrogens is 288 g/mol. The van der Waals surface area contributed by atoms with E-state index in [1.54, 1.807) is 0 Å². The maximum absolute atomic E-state index is 12.2. The summed E-state index contributed by atoms with van der Waals surface area (Å²) in [6.45, 7) is 4.52. The van der Waals surface area contributed by atoms with E-state index in [0.717, 1.165) is 24.9 Å². The minimum Gasteiger partial charge on any atom is -0.378 e. The van der Waals surface area contributed by atoms with E-state index in [0.29, 0.717) is 37.8 Å². The zero-order valence-electron chi connectivity index (χ0n) is 12.5. The van der Waals surface area contributed by atoms with Gasteiger partial charge in [-0.05, 0) is 24.7 Å². The number of morpholine rings is 1. The second-order valence-corrected chi connectivity index (χ2v) is 7.22. The molecule has 21 heavy (non-hydrogen) atoms. The summed E-state index contributed by atoms with van der Waals surface area (Å²) in [5.74, 6) is 2.68. The van der Waals surface area contributed by atoms with Crippen molar-refractivity contribution in [3.8, 4) is 0 Å². The topological polar surface area (TPSA) is 49.9 Å². The van der Waals surface area contributed by atoms with Gasteiger partial charge in [-0.25, -0.2) is 0 Å². The second-order valence-electron chi connectivity index (χ2n) is 6.24. The van der Waals surface area contributed by atoms with E-state index in [4.69, 9.17) is 4.74 Å². The molecule has 0 aromatic heterocycles. The van der Waals surface area contributed by atoms with Crippen LogP contribution in [-0.2, 0) is 14.3 Å². The van der Waals surface area contributed by atoms with Gasteiger partial charge in [-0.15, -0.1) is 11.8 Å². The average molecular weight is 312 g/mol. The normalized spacial score (nSPS) is 28.8. The monoisotopic (exact) mass is 312 g/mol. The molecule has 2 atom stereocenters. The molecule has 1 saturated carbocycles. The van der Waals surface area contributed by atoms with Crippen molar-refractivity contribution in [2.75, 3.05) is 50.9 Å². The maximum atomic E-state index is 12.2. The molecule has 0 N–H and O–H groups in total. The van der Waals surface area contributed by atoms with Gasteiger partial charge in [-0.2, -0.15) is 0 Å². The Kier molecular flexibility index (Phi) is 5.06. The minimum atomic E-state index is 0.134. The van der Waals surface area contributed by atoms with Gasteiger partial charge >= 0.3 is 0 Å². The first-order valence-electron chi connectivity index (χ1n) is 7.95. The fourth-order valence-electron chi connectivity index (χ4n) is 3.66.